The average Bonchev–Trinajstić information content (AvgIpc) is 2.39. The van der Waals surface area contributed by atoms with Crippen LogP contribution in [-0.2, 0) is 0 Å². The maximum atomic E-state index is 10.2. The Morgan fingerprint density at radius 2 is 1.78 bits per heavy atom. The number of rotatable bonds is 7. The predicted octanol–water partition coefficient (Wildman–Crippen LogP) is 4.52. The van der Waals surface area contributed by atoms with Crippen LogP contribution >= 0.6 is 0 Å². The topological polar surface area (TPSA) is 20.2 Å². The molecule has 1 aromatic carbocycles. The second-order valence-electron chi connectivity index (χ2n) is 5.28. The fourth-order valence-electron chi connectivity index (χ4n) is 2.31. The summed E-state index contributed by atoms with van der Waals surface area (Å²) in [5, 5.41) is 10.2. The van der Waals surface area contributed by atoms with Crippen molar-refractivity contribution in [3.8, 4) is 0 Å². The maximum absolute atomic E-state index is 10.2. The summed E-state index contributed by atoms with van der Waals surface area (Å²) < 4.78 is 0. The summed E-state index contributed by atoms with van der Waals surface area (Å²) in [7, 11) is 0. The Bertz CT molecular complexity index is 342. The lowest BCUT2D eigenvalue weighted by Gasteiger charge is -2.23. The highest BCUT2D eigenvalue weighted by molar-refractivity contribution is 5.48. The van der Waals surface area contributed by atoms with E-state index in [0.29, 0.717) is 11.8 Å². The summed E-state index contributed by atoms with van der Waals surface area (Å²) >= 11 is 0. The van der Waals surface area contributed by atoms with Crippen LogP contribution in [0.5, 0.6) is 0 Å². The van der Waals surface area contributed by atoms with Gasteiger partial charge in [0.05, 0.1) is 6.10 Å². The van der Waals surface area contributed by atoms with E-state index in [0.717, 1.165) is 19.3 Å². The van der Waals surface area contributed by atoms with E-state index in [1.54, 1.807) is 0 Å². The van der Waals surface area contributed by atoms with E-state index >= 15 is 0 Å². The Balaban J connectivity index is 2.41. The van der Waals surface area contributed by atoms with E-state index in [4.69, 9.17) is 0 Å². The number of aliphatic hydroxyl groups excluding tert-OH is 1. The van der Waals surface area contributed by atoms with E-state index in [1.807, 2.05) is 18.2 Å². The molecule has 0 saturated carbocycles. The van der Waals surface area contributed by atoms with Crippen LogP contribution in [0.2, 0.25) is 0 Å². The summed E-state index contributed by atoms with van der Waals surface area (Å²) in [6, 6.07) is 10.3. The van der Waals surface area contributed by atoms with Gasteiger partial charge in [-0.3, -0.25) is 0 Å². The number of hydrogen-bond donors (Lipinski definition) is 1. The summed E-state index contributed by atoms with van der Waals surface area (Å²) in [6.07, 6.45) is 7.30. The minimum Gasteiger partial charge on any atom is -0.393 e. The van der Waals surface area contributed by atoms with E-state index in [2.05, 4.69) is 45.1 Å². The Hall–Kier alpha value is -1.08. The van der Waals surface area contributed by atoms with Gasteiger partial charge in [0.25, 0.3) is 0 Å². The van der Waals surface area contributed by atoms with Crippen LogP contribution in [0.15, 0.2) is 36.4 Å². The van der Waals surface area contributed by atoms with Gasteiger partial charge in [0, 0.05) is 0 Å². The molecule has 0 aliphatic rings. The highest BCUT2D eigenvalue weighted by Gasteiger charge is 2.19. The van der Waals surface area contributed by atoms with Crippen LogP contribution in [-0.4, -0.2) is 11.2 Å². The normalized spacial score (nSPS) is 16.7. The van der Waals surface area contributed by atoms with Crippen molar-refractivity contribution in [1.82, 2.24) is 0 Å². The van der Waals surface area contributed by atoms with Gasteiger partial charge in [-0.25, -0.2) is 0 Å². The lowest BCUT2D eigenvalue weighted by molar-refractivity contribution is 0.0620. The molecule has 0 heterocycles. The first-order chi connectivity index (χ1) is 8.65. The van der Waals surface area contributed by atoms with E-state index in [1.165, 1.54) is 5.56 Å². The van der Waals surface area contributed by atoms with Gasteiger partial charge in [0.15, 0.2) is 0 Å². The van der Waals surface area contributed by atoms with Gasteiger partial charge in [-0.05, 0) is 30.2 Å². The third kappa shape index (κ3) is 5.05. The zero-order chi connectivity index (χ0) is 13.4. The van der Waals surface area contributed by atoms with Crippen molar-refractivity contribution in [1.29, 1.82) is 0 Å². The Labute approximate surface area is 112 Å². The fourth-order valence-corrected chi connectivity index (χ4v) is 2.31. The van der Waals surface area contributed by atoms with E-state index in [-0.39, 0.29) is 6.10 Å². The van der Waals surface area contributed by atoms with Crippen LogP contribution in [0.4, 0.5) is 0 Å². The number of allylic oxidation sites excluding steroid dienone is 1. The third-order valence-corrected chi connectivity index (χ3v) is 3.53. The van der Waals surface area contributed by atoms with Gasteiger partial charge < -0.3 is 5.11 Å². The molecule has 3 unspecified atom stereocenters. The number of benzene rings is 1. The molecule has 1 heteroatoms. The lowest BCUT2D eigenvalue weighted by atomic mass is 9.88. The molecular weight excluding hydrogens is 220 g/mol. The molecule has 0 amide bonds. The first-order valence-corrected chi connectivity index (χ1v) is 7.04. The van der Waals surface area contributed by atoms with Gasteiger partial charge in [-0.2, -0.15) is 0 Å². The van der Waals surface area contributed by atoms with E-state index < -0.39 is 0 Å². The Morgan fingerprint density at radius 1 is 1.11 bits per heavy atom. The van der Waals surface area contributed by atoms with Gasteiger partial charge in [-0.1, -0.05) is 69.7 Å². The Kier molecular flexibility index (Phi) is 6.74. The molecule has 1 N–H and O–H groups in total. The minimum absolute atomic E-state index is 0.189. The SMILES string of the molecule is CCCC(C)C(O)C(C)C/C=C/c1ccccc1. The molecule has 0 aliphatic carbocycles. The molecule has 0 aromatic heterocycles. The Morgan fingerprint density at radius 3 is 2.39 bits per heavy atom. The molecule has 0 radical (unpaired) electrons. The average molecular weight is 246 g/mol. The molecule has 0 saturated heterocycles. The van der Waals surface area contributed by atoms with Crippen molar-refractivity contribution >= 4 is 6.08 Å². The monoisotopic (exact) mass is 246 g/mol. The molecule has 3 atom stereocenters. The highest BCUT2D eigenvalue weighted by Crippen LogP contribution is 2.20. The first kappa shape index (κ1) is 15.0. The van der Waals surface area contributed by atoms with Crippen LogP contribution < -0.4 is 0 Å². The summed E-state index contributed by atoms with van der Waals surface area (Å²) in [6.45, 7) is 6.45. The second-order valence-corrected chi connectivity index (χ2v) is 5.28. The largest absolute Gasteiger partial charge is 0.393 e. The molecule has 100 valence electrons. The smallest absolute Gasteiger partial charge is 0.0594 e. The summed E-state index contributed by atoms with van der Waals surface area (Å²) in [5.74, 6) is 0.724. The molecule has 1 nitrogen and oxygen atoms in total. The summed E-state index contributed by atoms with van der Waals surface area (Å²) in [5.41, 5.74) is 1.22. The van der Waals surface area contributed by atoms with Crippen molar-refractivity contribution in [2.45, 2.75) is 46.1 Å². The minimum atomic E-state index is -0.189. The second kappa shape index (κ2) is 8.10. The van der Waals surface area contributed by atoms with Crippen LogP contribution in [0.3, 0.4) is 0 Å². The molecule has 1 rings (SSSR count). The molecular formula is C17H26O. The van der Waals surface area contributed by atoms with Crippen molar-refractivity contribution in [2.24, 2.45) is 11.8 Å². The van der Waals surface area contributed by atoms with Crippen molar-refractivity contribution < 1.29 is 5.11 Å². The standard InChI is InChI=1S/C17H26O/c1-4-9-14(2)17(18)15(3)10-8-13-16-11-6-5-7-12-16/h5-8,11-15,17-18H,4,9-10H2,1-3H3/b13-8+. The maximum Gasteiger partial charge on any atom is 0.0594 e. The van der Waals surface area contributed by atoms with Gasteiger partial charge in [0.1, 0.15) is 0 Å². The van der Waals surface area contributed by atoms with Crippen molar-refractivity contribution in [2.75, 3.05) is 0 Å². The molecule has 0 spiro atoms. The van der Waals surface area contributed by atoms with Crippen LogP contribution in [0.25, 0.3) is 6.08 Å². The first-order valence-electron chi connectivity index (χ1n) is 7.04. The zero-order valence-corrected chi connectivity index (χ0v) is 11.8. The number of aliphatic hydroxyl groups is 1. The molecule has 0 aliphatic heterocycles. The third-order valence-electron chi connectivity index (χ3n) is 3.53. The quantitative estimate of drug-likeness (QED) is 0.749. The lowest BCUT2D eigenvalue weighted by Crippen LogP contribution is -2.25. The van der Waals surface area contributed by atoms with Gasteiger partial charge >= 0.3 is 0 Å². The zero-order valence-electron chi connectivity index (χ0n) is 11.8. The highest BCUT2D eigenvalue weighted by atomic mass is 16.3. The predicted molar refractivity (Wildman–Crippen MR) is 79.3 cm³/mol. The molecule has 0 bridgehead atoms. The van der Waals surface area contributed by atoms with Crippen LogP contribution in [0.1, 0.15) is 45.6 Å². The van der Waals surface area contributed by atoms with Crippen molar-refractivity contribution in [3.05, 3.63) is 42.0 Å². The molecule has 0 fully saturated rings. The van der Waals surface area contributed by atoms with E-state index in [9.17, 15) is 5.11 Å². The van der Waals surface area contributed by atoms with Gasteiger partial charge in [-0.15, -0.1) is 0 Å². The molecule has 18 heavy (non-hydrogen) atoms. The molecule has 1 aromatic rings. The summed E-state index contributed by atoms with van der Waals surface area (Å²) in [4.78, 5) is 0. The fraction of sp³-hybridized carbons (Fsp3) is 0.529. The van der Waals surface area contributed by atoms with Crippen LogP contribution in [0, 0.1) is 11.8 Å². The number of hydrogen-bond acceptors (Lipinski definition) is 1. The van der Waals surface area contributed by atoms with Gasteiger partial charge in [0.2, 0.25) is 0 Å². The van der Waals surface area contributed by atoms with Crippen molar-refractivity contribution in [3.63, 3.8) is 0 Å².